The van der Waals surface area contributed by atoms with Crippen molar-refractivity contribution in [2.45, 2.75) is 6.42 Å². The molecule has 7 heteroatoms. The van der Waals surface area contributed by atoms with Crippen LogP contribution >= 0.6 is 15.9 Å². The molecule has 0 aliphatic carbocycles. The minimum atomic E-state index is -0.588. The molecule has 2 rings (SSSR count). The molecule has 1 aromatic rings. The van der Waals surface area contributed by atoms with Crippen LogP contribution in [0, 0.1) is 5.82 Å². The average molecular weight is 359 g/mol. The first-order valence-corrected chi connectivity index (χ1v) is 7.46. The van der Waals surface area contributed by atoms with E-state index in [-0.39, 0.29) is 24.4 Å². The number of hydrogen-bond acceptors (Lipinski definition) is 3. The third-order valence-electron chi connectivity index (χ3n) is 3.16. The van der Waals surface area contributed by atoms with Crippen LogP contribution in [0.15, 0.2) is 22.7 Å². The molecule has 5 nitrogen and oxygen atoms in total. The van der Waals surface area contributed by atoms with E-state index in [0.717, 1.165) is 0 Å². The van der Waals surface area contributed by atoms with Crippen LogP contribution in [0.25, 0.3) is 0 Å². The summed E-state index contributed by atoms with van der Waals surface area (Å²) >= 11 is 3.19. The van der Waals surface area contributed by atoms with Gasteiger partial charge in [0.2, 0.25) is 5.91 Å². The number of nitrogens with one attached hydrogen (secondary N) is 1. The maximum absolute atomic E-state index is 13.5. The molecule has 0 aromatic heterocycles. The number of amides is 2. The van der Waals surface area contributed by atoms with E-state index < -0.39 is 11.7 Å². The fraction of sp³-hybridized carbons (Fsp3) is 0.429. The van der Waals surface area contributed by atoms with Gasteiger partial charge in [-0.05, 0) is 18.2 Å². The second-order valence-electron chi connectivity index (χ2n) is 4.62. The summed E-state index contributed by atoms with van der Waals surface area (Å²) in [5, 5.41) is 2.56. The lowest BCUT2D eigenvalue weighted by molar-refractivity contribution is -0.135. The van der Waals surface area contributed by atoms with Crippen LogP contribution in [0.2, 0.25) is 0 Å². The van der Waals surface area contributed by atoms with Gasteiger partial charge in [-0.2, -0.15) is 0 Å². The molecule has 1 aliphatic rings. The lowest BCUT2D eigenvalue weighted by Gasteiger charge is -2.26. The van der Waals surface area contributed by atoms with E-state index in [0.29, 0.717) is 30.8 Å². The van der Waals surface area contributed by atoms with E-state index >= 15 is 0 Å². The zero-order valence-electron chi connectivity index (χ0n) is 11.4. The Labute approximate surface area is 130 Å². The fourth-order valence-corrected chi connectivity index (χ4v) is 2.38. The van der Waals surface area contributed by atoms with Gasteiger partial charge in [-0.3, -0.25) is 9.59 Å². The Hall–Kier alpha value is -1.47. The standard InChI is InChI=1S/C14H16BrFN2O3/c15-10-1-2-12(16)11(9-10)14(20)17-4-3-13(19)18-5-7-21-8-6-18/h1-2,9H,3-8H2,(H,17,20). The van der Waals surface area contributed by atoms with Gasteiger partial charge in [-0.25, -0.2) is 4.39 Å². The predicted octanol–water partition coefficient (Wildman–Crippen LogP) is 1.57. The van der Waals surface area contributed by atoms with Gasteiger partial charge in [-0.15, -0.1) is 0 Å². The molecule has 2 amide bonds. The molecule has 1 saturated heterocycles. The second-order valence-corrected chi connectivity index (χ2v) is 5.54. The van der Waals surface area contributed by atoms with Gasteiger partial charge in [0.25, 0.3) is 5.91 Å². The summed E-state index contributed by atoms with van der Waals surface area (Å²) in [6.45, 7) is 2.42. The van der Waals surface area contributed by atoms with Crippen molar-refractivity contribution in [3.63, 3.8) is 0 Å². The van der Waals surface area contributed by atoms with Gasteiger partial charge in [0.15, 0.2) is 0 Å². The van der Waals surface area contributed by atoms with Crippen molar-refractivity contribution >= 4 is 27.7 Å². The third-order valence-corrected chi connectivity index (χ3v) is 3.65. The largest absolute Gasteiger partial charge is 0.378 e. The van der Waals surface area contributed by atoms with Crippen LogP contribution in [-0.2, 0) is 9.53 Å². The molecule has 114 valence electrons. The summed E-state index contributed by atoms with van der Waals surface area (Å²) < 4.78 is 19.3. The quantitative estimate of drug-likeness (QED) is 0.888. The first kappa shape index (κ1) is 15.9. The smallest absolute Gasteiger partial charge is 0.254 e. The van der Waals surface area contributed by atoms with Crippen LogP contribution in [0.1, 0.15) is 16.8 Å². The number of nitrogens with zero attached hydrogens (tertiary/aromatic N) is 1. The zero-order valence-corrected chi connectivity index (χ0v) is 13.0. The Morgan fingerprint density at radius 1 is 1.33 bits per heavy atom. The number of ether oxygens (including phenoxy) is 1. The van der Waals surface area contributed by atoms with Crippen molar-refractivity contribution in [2.75, 3.05) is 32.8 Å². The number of carbonyl (C=O) groups excluding carboxylic acids is 2. The van der Waals surface area contributed by atoms with Crippen molar-refractivity contribution < 1.29 is 18.7 Å². The van der Waals surface area contributed by atoms with Gasteiger partial charge in [0.1, 0.15) is 5.82 Å². The van der Waals surface area contributed by atoms with Crippen LogP contribution in [0.5, 0.6) is 0 Å². The fourth-order valence-electron chi connectivity index (χ4n) is 2.02. The van der Waals surface area contributed by atoms with Gasteiger partial charge >= 0.3 is 0 Å². The van der Waals surface area contributed by atoms with Crippen molar-refractivity contribution in [1.82, 2.24) is 10.2 Å². The van der Waals surface area contributed by atoms with Crippen molar-refractivity contribution in [3.05, 3.63) is 34.1 Å². The second kappa shape index (κ2) is 7.51. The van der Waals surface area contributed by atoms with Crippen LogP contribution < -0.4 is 5.32 Å². The molecule has 1 N–H and O–H groups in total. The van der Waals surface area contributed by atoms with Crippen molar-refractivity contribution in [2.24, 2.45) is 0 Å². The van der Waals surface area contributed by atoms with E-state index in [9.17, 15) is 14.0 Å². The molecule has 0 saturated carbocycles. The Morgan fingerprint density at radius 2 is 2.05 bits per heavy atom. The van der Waals surface area contributed by atoms with Gasteiger partial charge in [-0.1, -0.05) is 15.9 Å². The summed E-state index contributed by atoms with van der Waals surface area (Å²) in [4.78, 5) is 25.4. The highest BCUT2D eigenvalue weighted by atomic mass is 79.9. The maximum Gasteiger partial charge on any atom is 0.254 e. The lowest BCUT2D eigenvalue weighted by Crippen LogP contribution is -2.42. The Morgan fingerprint density at radius 3 is 2.76 bits per heavy atom. The molecule has 1 aromatic carbocycles. The highest BCUT2D eigenvalue weighted by molar-refractivity contribution is 9.10. The summed E-state index contributed by atoms with van der Waals surface area (Å²) in [7, 11) is 0. The molecule has 0 bridgehead atoms. The predicted molar refractivity (Wildman–Crippen MR) is 78.4 cm³/mol. The topological polar surface area (TPSA) is 58.6 Å². The zero-order chi connectivity index (χ0) is 15.2. The van der Waals surface area contributed by atoms with Crippen molar-refractivity contribution in [3.8, 4) is 0 Å². The Kier molecular flexibility index (Phi) is 5.69. The number of rotatable bonds is 4. The molecule has 0 spiro atoms. The summed E-state index contributed by atoms with van der Waals surface area (Å²) in [6.07, 6.45) is 0.196. The van der Waals surface area contributed by atoms with Gasteiger partial charge in [0.05, 0.1) is 18.8 Å². The molecule has 1 heterocycles. The molecule has 0 unspecified atom stereocenters. The third kappa shape index (κ3) is 4.50. The van der Waals surface area contributed by atoms with Crippen LogP contribution in [-0.4, -0.2) is 49.6 Å². The number of hydrogen-bond donors (Lipinski definition) is 1. The van der Waals surface area contributed by atoms with Crippen molar-refractivity contribution in [1.29, 1.82) is 0 Å². The summed E-state index contributed by atoms with van der Waals surface area (Å²) in [6, 6.07) is 4.15. The van der Waals surface area contributed by atoms with E-state index in [4.69, 9.17) is 4.74 Å². The number of halogens is 2. The lowest BCUT2D eigenvalue weighted by atomic mass is 10.2. The summed E-state index contributed by atoms with van der Waals surface area (Å²) in [5.41, 5.74) is -0.0387. The molecule has 0 radical (unpaired) electrons. The average Bonchev–Trinajstić information content (AvgIpc) is 2.50. The van der Waals surface area contributed by atoms with Gasteiger partial charge in [0, 0.05) is 30.5 Å². The molecule has 0 atom stereocenters. The molecule has 21 heavy (non-hydrogen) atoms. The van der Waals surface area contributed by atoms with Crippen LogP contribution in [0.3, 0.4) is 0 Å². The van der Waals surface area contributed by atoms with Gasteiger partial charge < -0.3 is 15.0 Å². The molecule has 1 aliphatic heterocycles. The first-order chi connectivity index (χ1) is 10.1. The summed E-state index contributed by atoms with van der Waals surface area (Å²) in [5.74, 6) is -1.15. The van der Waals surface area contributed by atoms with Crippen LogP contribution in [0.4, 0.5) is 4.39 Å². The molecular weight excluding hydrogens is 343 g/mol. The number of carbonyl (C=O) groups is 2. The van der Waals surface area contributed by atoms with E-state index in [2.05, 4.69) is 21.2 Å². The molecular formula is C14H16BrFN2O3. The molecule has 1 fully saturated rings. The van der Waals surface area contributed by atoms with E-state index in [1.807, 2.05) is 0 Å². The minimum absolute atomic E-state index is 0.0340. The number of morpholine rings is 1. The number of benzene rings is 1. The first-order valence-electron chi connectivity index (χ1n) is 6.66. The SMILES string of the molecule is O=C(NCCC(=O)N1CCOCC1)c1cc(Br)ccc1F. The highest BCUT2D eigenvalue weighted by Gasteiger charge is 2.17. The highest BCUT2D eigenvalue weighted by Crippen LogP contribution is 2.15. The monoisotopic (exact) mass is 358 g/mol. The Balaban J connectivity index is 1.81. The minimum Gasteiger partial charge on any atom is -0.378 e. The van der Waals surface area contributed by atoms with E-state index in [1.54, 1.807) is 4.90 Å². The van der Waals surface area contributed by atoms with E-state index in [1.165, 1.54) is 18.2 Å². The normalized spacial score (nSPS) is 14.9. The maximum atomic E-state index is 13.5. The Bertz CT molecular complexity index is 533.